The highest BCUT2D eigenvalue weighted by molar-refractivity contribution is 5.91. The van der Waals surface area contributed by atoms with Crippen LogP contribution in [0.15, 0.2) is 51.7 Å². The Morgan fingerprint density at radius 3 is 2.21 bits per heavy atom. The van der Waals surface area contributed by atoms with E-state index in [-0.39, 0.29) is 41.4 Å². The van der Waals surface area contributed by atoms with Crippen LogP contribution in [0.1, 0.15) is 0 Å². The Hall–Kier alpha value is -3.07. The van der Waals surface area contributed by atoms with Crippen LogP contribution in [0.2, 0.25) is 0 Å². The van der Waals surface area contributed by atoms with E-state index in [2.05, 4.69) is 5.32 Å². The lowest BCUT2D eigenvalue weighted by atomic mass is 10.1. The van der Waals surface area contributed by atoms with Crippen molar-refractivity contribution >= 4 is 11.0 Å². The van der Waals surface area contributed by atoms with Gasteiger partial charge < -0.3 is 34.9 Å². The van der Waals surface area contributed by atoms with Gasteiger partial charge in [0.15, 0.2) is 16.8 Å². The van der Waals surface area contributed by atoms with E-state index in [1.807, 2.05) is 18.2 Å². The van der Waals surface area contributed by atoms with Gasteiger partial charge in [-0.1, -0.05) is 30.3 Å². The van der Waals surface area contributed by atoms with Crippen molar-refractivity contribution < 1.29 is 29.6 Å². The van der Waals surface area contributed by atoms with Gasteiger partial charge in [0.25, 0.3) is 0 Å². The predicted octanol–water partition coefficient (Wildman–Crippen LogP) is 1.44. The number of fused-ring (bicyclic) bond motifs is 1. The monoisotopic (exact) mass is 389 g/mol. The van der Waals surface area contributed by atoms with E-state index in [0.717, 1.165) is 6.07 Å². The number of nitrogens with one attached hydrogen (secondary N) is 1. The van der Waals surface area contributed by atoms with Crippen molar-refractivity contribution in [3.63, 3.8) is 0 Å². The minimum absolute atomic E-state index is 0.0117. The predicted molar refractivity (Wildman–Crippen MR) is 105 cm³/mol. The van der Waals surface area contributed by atoms with Crippen LogP contribution >= 0.6 is 0 Å². The molecule has 2 aromatic carbocycles. The lowest BCUT2D eigenvalue weighted by molar-refractivity contribution is 0.266. The molecule has 0 saturated heterocycles. The van der Waals surface area contributed by atoms with Crippen LogP contribution in [-0.2, 0) is 0 Å². The fourth-order valence-electron chi connectivity index (χ4n) is 2.50. The quantitative estimate of drug-likeness (QED) is 0.400. The molecule has 0 saturated carbocycles. The van der Waals surface area contributed by atoms with E-state index in [9.17, 15) is 15.0 Å². The molecule has 0 bridgehead atoms. The number of hydrogen-bond acceptors (Lipinski definition) is 8. The van der Waals surface area contributed by atoms with Gasteiger partial charge in [0.05, 0.1) is 20.3 Å². The molecule has 0 aliphatic carbocycles. The molecule has 150 valence electrons. The van der Waals surface area contributed by atoms with Gasteiger partial charge in [-0.3, -0.25) is 4.79 Å². The molecule has 0 radical (unpaired) electrons. The molecule has 3 aromatic rings. The third-order valence-electron chi connectivity index (χ3n) is 3.76. The summed E-state index contributed by atoms with van der Waals surface area (Å²) in [6.45, 7) is 1.42. The Balaban J connectivity index is 0.000000345. The maximum absolute atomic E-state index is 12.2. The number of ether oxygens (including phenoxy) is 1. The first-order valence-electron chi connectivity index (χ1n) is 8.58. The van der Waals surface area contributed by atoms with Gasteiger partial charge >= 0.3 is 0 Å². The third-order valence-corrected chi connectivity index (χ3v) is 3.76. The zero-order valence-electron chi connectivity index (χ0n) is 15.4. The van der Waals surface area contributed by atoms with E-state index in [0.29, 0.717) is 24.4 Å². The summed E-state index contributed by atoms with van der Waals surface area (Å²) in [6, 6.07) is 11.4. The topological polar surface area (TPSA) is 132 Å². The molecular weight excluding hydrogens is 366 g/mol. The van der Waals surface area contributed by atoms with Gasteiger partial charge in [-0.15, -0.1) is 0 Å². The lowest BCUT2D eigenvalue weighted by Crippen LogP contribution is -2.21. The van der Waals surface area contributed by atoms with E-state index < -0.39 is 5.43 Å². The Bertz CT molecular complexity index is 950. The summed E-state index contributed by atoms with van der Waals surface area (Å²) < 4.78 is 10.7. The largest absolute Gasteiger partial charge is 0.507 e. The van der Waals surface area contributed by atoms with Gasteiger partial charge in [0.2, 0.25) is 5.75 Å². The highest BCUT2D eigenvalue weighted by atomic mass is 16.5. The van der Waals surface area contributed by atoms with Crippen LogP contribution in [0, 0.1) is 0 Å². The van der Waals surface area contributed by atoms with Crippen molar-refractivity contribution in [1.82, 2.24) is 5.32 Å². The number of aliphatic hydroxyl groups excluding tert-OH is 2. The van der Waals surface area contributed by atoms with E-state index in [1.54, 1.807) is 12.1 Å². The summed E-state index contributed by atoms with van der Waals surface area (Å²) in [5.41, 5.74) is 0.314. The smallest absolute Gasteiger partial charge is 0.204 e. The molecule has 0 fully saturated rings. The van der Waals surface area contributed by atoms with Crippen molar-refractivity contribution in [3.8, 4) is 28.6 Å². The van der Waals surface area contributed by atoms with E-state index in [4.69, 9.17) is 19.4 Å². The first kappa shape index (κ1) is 21.2. The molecule has 1 heterocycles. The number of rotatable bonds is 6. The highest BCUT2D eigenvalue weighted by Gasteiger charge is 2.18. The number of phenols is 2. The van der Waals surface area contributed by atoms with Crippen LogP contribution in [0.4, 0.5) is 0 Å². The molecule has 5 N–H and O–H groups in total. The Morgan fingerprint density at radius 1 is 1.00 bits per heavy atom. The zero-order chi connectivity index (χ0) is 20.5. The molecule has 0 amide bonds. The number of phenolic OH excluding ortho intramolecular Hbond substituents is 2. The van der Waals surface area contributed by atoms with Gasteiger partial charge in [-0.25, -0.2) is 0 Å². The molecule has 3 rings (SSSR count). The summed E-state index contributed by atoms with van der Waals surface area (Å²) in [6.07, 6.45) is 0. The molecule has 0 aliphatic rings. The molecule has 8 nitrogen and oxygen atoms in total. The molecular formula is C20H23NO7. The van der Waals surface area contributed by atoms with Crippen LogP contribution in [0.5, 0.6) is 17.2 Å². The molecule has 0 atom stereocenters. The maximum Gasteiger partial charge on any atom is 0.204 e. The highest BCUT2D eigenvalue weighted by Crippen LogP contribution is 2.40. The lowest BCUT2D eigenvalue weighted by Gasteiger charge is -2.09. The van der Waals surface area contributed by atoms with E-state index in [1.165, 1.54) is 13.2 Å². The number of benzene rings is 2. The summed E-state index contributed by atoms with van der Waals surface area (Å²) >= 11 is 0. The summed E-state index contributed by atoms with van der Waals surface area (Å²) in [5, 5.41) is 38.7. The summed E-state index contributed by atoms with van der Waals surface area (Å²) in [7, 11) is 1.35. The van der Waals surface area contributed by atoms with Crippen LogP contribution < -0.4 is 15.5 Å². The second-order valence-corrected chi connectivity index (χ2v) is 5.69. The molecule has 28 heavy (non-hydrogen) atoms. The van der Waals surface area contributed by atoms with Crippen molar-refractivity contribution in [1.29, 1.82) is 0 Å². The number of aromatic hydroxyl groups is 2. The molecule has 0 spiro atoms. The maximum atomic E-state index is 12.2. The van der Waals surface area contributed by atoms with Crippen molar-refractivity contribution in [2.45, 2.75) is 0 Å². The SMILES string of the molecule is COc1c(O)cc(O)c2c(=O)cc(-c3ccccc3)oc12.OCCNCCO. The average Bonchev–Trinajstić information content (AvgIpc) is 2.69. The molecule has 8 heteroatoms. The van der Waals surface area contributed by atoms with E-state index >= 15 is 0 Å². The Labute approximate surface area is 161 Å². The summed E-state index contributed by atoms with van der Waals surface area (Å²) in [4.78, 5) is 12.2. The minimum Gasteiger partial charge on any atom is -0.507 e. The number of aliphatic hydroxyl groups is 2. The van der Waals surface area contributed by atoms with Gasteiger partial charge in [-0.05, 0) is 0 Å². The fraction of sp³-hybridized carbons (Fsp3) is 0.250. The minimum atomic E-state index is -0.411. The number of methoxy groups -OCH3 is 1. The Kier molecular flexibility index (Phi) is 7.82. The normalized spacial score (nSPS) is 10.4. The first-order chi connectivity index (χ1) is 13.5. The van der Waals surface area contributed by atoms with Crippen LogP contribution in [-0.4, -0.2) is 53.8 Å². The second-order valence-electron chi connectivity index (χ2n) is 5.69. The van der Waals surface area contributed by atoms with Crippen molar-refractivity contribution in [3.05, 3.63) is 52.7 Å². The second kappa shape index (κ2) is 10.3. The summed E-state index contributed by atoms with van der Waals surface area (Å²) in [5.74, 6) is -0.304. The standard InChI is InChI=1S/C16H12O5.C4H11NO2/c1-20-15-12(19)7-10(17)14-11(18)8-13(21-16(14)15)9-5-3-2-4-6-9;6-3-1-5-2-4-7/h2-8,17,19H,1H3;5-7H,1-4H2. The third kappa shape index (κ3) is 5.01. The zero-order valence-corrected chi connectivity index (χ0v) is 15.4. The van der Waals surface area contributed by atoms with Gasteiger partial charge in [0, 0.05) is 30.8 Å². The van der Waals surface area contributed by atoms with Gasteiger partial charge in [0.1, 0.15) is 16.9 Å². The Morgan fingerprint density at radius 2 is 1.64 bits per heavy atom. The molecule has 0 aliphatic heterocycles. The first-order valence-corrected chi connectivity index (χ1v) is 8.58. The van der Waals surface area contributed by atoms with Crippen molar-refractivity contribution in [2.75, 3.05) is 33.4 Å². The number of hydrogen-bond donors (Lipinski definition) is 5. The molecule has 1 aromatic heterocycles. The van der Waals surface area contributed by atoms with Crippen LogP contribution in [0.25, 0.3) is 22.3 Å². The average molecular weight is 389 g/mol. The fourth-order valence-corrected chi connectivity index (χ4v) is 2.50. The van der Waals surface area contributed by atoms with Crippen molar-refractivity contribution in [2.24, 2.45) is 0 Å². The van der Waals surface area contributed by atoms with Crippen LogP contribution in [0.3, 0.4) is 0 Å². The molecule has 0 unspecified atom stereocenters. The van der Waals surface area contributed by atoms with Gasteiger partial charge in [-0.2, -0.15) is 0 Å².